The number of carbonyl (C=O) groups excluding carboxylic acids is 1. The standard InChI is InChI=1S/C18H14N2O5/c1-11-9-14(13-5-3-4-6-15(13)19-11)18(21)25-17-10-12(20(22)23)7-8-16(17)24-2/h3-10H,1-2H3. The van der Waals surface area contributed by atoms with E-state index >= 15 is 0 Å². The van der Waals surface area contributed by atoms with Crippen molar-refractivity contribution in [3.63, 3.8) is 0 Å². The lowest BCUT2D eigenvalue weighted by atomic mass is 10.1. The highest BCUT2D eigenvalue weighted by atomic mass is 16.6. The van der Waals surface area contributed by atoms with E-state index in [9.17, 15) is 14.9 Å². The first-order chi connectivity index (χ1) is 12.0. The summed E-state index contributed by atoms with van der Waals surface area (Å²) in [5, 5.41) is 11.6. The Bertz CT molecular complexity index is 984. The average Bonchev–Trinajstić information content (AvgIpc) is 2.60. The lowest BCUT2D eigenvalue weighted by molar-refractivity contribution is -0.384. The van der Waals surface area contributed by atoms with E-state index in [1.165, 1.54) is 19.2 Å². The van der Waals surface area contributed by atoms with Crippen LogP contribution in [0, 0.1) is 17.0 Å². The Balaban J connectivity index is 2.04. The summed E-state index contributed by atoms with van der Waals surface area (Å²) in [6.07, 6.45) is 0. The van der Waals surface area contributed by atoms with Gasteiger partial charge in [0, 0.05) is 17.1 Å². The van der Waals surface area contributed by atoms with Gasteiger partial charge in [-0.2, -0.15) is 0 Å². The van der Waals surface area contributed by atoms with Crippen molar-refractivity contribution in [2.45, 2.75) is 6.92 Å². The van der Waals surface area contributed by atoms with Crippen molar-refractivity contribution in [2.24, 2.45) is 0 Å². The molecule has 126 valence electrons. The van der Waals surface area contributed by atoms with Crippen LogP contribution >= 0.6 is 0 Å². The largest absolute Gasteiger partial charge is 0.493 e. The number of benzene rings is 2. The Morgan fingerprint density at radius 3 is 2.60 bits per heavy atom. The molecule has 25 heavy (non-hydrogen) atoms. The van der Waals surface area contributed by atoms with Crippen LogP contribution in [0.5, 0.6) is 11.5 Å². The molecular weight excluding hydrogens is 324 g/mol. The van der Waals surface area contributed by atoms with Gasteiger partial charge in [-0.15, -0.1) is 0 Å². The van der Waals surface area contributed by atoms with Gasteiger partial charge in [0.05, 0.1) is 29.2 Å². The molecule has 0 amide bonds. The minimum atomic E-state index is -0.638. The van der Waals surface area contributed by atoms with Crippen LogP contribution < -0.4 is 9.47 Å². The quantitative estimate of drug-likeness (QED) is 0.312. The number of nitrogens with zero attached hydrogens (tertiary/aromatic N) is 2. The summed E-state index contributed by atoms with van der Waals surface area (Å²) in [6, 6.07) is 12.6. The van der Waals surface area contributed by atoms with Gasteiger partial charge in [0.2, 0.25) is 0 Å². The second kappa shape index (κ2) is 6.56. The smallest absolute Gasteiger partial charge is 0.344 e. The van der Waals surface area contributed by atoms with Crippen molar-refractivity contribution in [1.29, 1.82) is 0 Å². The van der Waals surface area contributed by atoms with Crippen LogP contribution in [0.3, 0.4) is 0 Å². The van der Waals surface area contributed by atoms with Gasteiger partial charge in [0.25, 0.3) is 5.69 Å². The molecule has 0 fully saturated rings. The van der Waals surface area contributed by atoms with Crippen LogP contribution in [-0.4, -0.2) is 23.0 Å². The van der Waals surface area contributed by atoms with Crippen molar-refractivity contribution < 1.29 is 19.2 Å². The van der Waals surface area contributed by atoms with Crippen LogP contribution in [0.15, 0.2) is 48.5 Å². The molecule has 0 spiro atoms. The van der Waals surface area contributed by atoms with E-state index in [0.717, 1.165) is 6.07 Å². The molecule has 0 atom stereocenters. The Hall–Kier alpha value is -3.48. The predicted molar refractivity (Wildman–Crippen MR) is 91.1 cm³/mol. The van der Waals surface area contributed by atoms with Crippen LogP contribution in [0.4, 0.5) is 5.69 Å². The first-order valence-electron chi connectivity index (χ1n) is 7.40. The molecular formula is C18H14N2O5. The van der Waals surface area contributed by atoms with Gasteiger partial charge >= 0.3 is 5.97 Å². The Kier molecular flexibility index (Phi) is 4.30. The highest BCUT2D eigenvalue weighted by Gasteiger charge is 2.19. The van der Waals surface area contributed by atoms with Crippen LogP contribution in [0.25, 0.3) is 10.9 Å². The third-order valence-electron chi connectivity index (χ3n) is 3.62. The fraction of sp³-hybridized carbons (Fsp3) is 0.111. The summed E-state index contributed by atoms with van der Waals surface area (Å²) in [4.78, 5) is 27.4. The molecule has 2 aromatic carbocycles. The van der Waals surface area contributed by atoms with Crippen molar-refractivity contribution in [3.05, 3.63) is 69.9 Å². The molecule has 0 radical (unpaired) electrons. The van der Waals surface area contributed by atoms with Gasteiger partial charge < -0.3 is 9.47 Å². The molecule has 3 rings (SSSR count). The first kappa shape index (κ1) is 16.4. The van der Waals surface area contributed by atoms with E-state index < -0.39 is 10.9 Å². The molecule has 0 N–H and O–H groups in total. The van der Waals surface area contributed by atoms with Gasteiger partial charge in [-0.1, -0.05) is 18.2 Å². The highest BCUT2D eigenvalue weighted by molar-refractivity contribution is 6.04. The topological polar surface area (TPSA) is 91.6 Å². The number of para-hydroxylation sites is 1. The first-order valence-corrected chi connectivity index (χ1v) is 7.40. The van der Waals surface area contributed by atoms with E-state index in [0.29, 0.717) is 22.2 Å². The van der Waals surface area contributed by atoms with Crippen molar-refractivity contribution >= 4 is 22.6 Å². The summed E-state index contributed by atoms with van der Waals surface area (Å²) < 4.78 is 10.5. The van der Waals surface area contributed by atoms with Gasteiger partial charge in [0.1, 0.15) is 0 Å². The second-order valence-electron chi connectivity index (χ2n) is 5.31. The van der Waals surface area contributed by atoms with Gasteiger partial charge in [-0.05, 0) is 25.1 Å². The van der Waals surface area contributed by atoms with E-state index in [4.69, 9.17) is 9.47 Å². The maximum absolute atomic E-state index is 12.7. The monoisotopic (exact) mass is 338 g/mol. The van der Waals surface area contributed by atoms with Crippen LogP contribution in [0.2, 0.25) is 0 Å². The summed E-state index contributed by atoms with van der Waals surface area (Å²) in [6.45, 7) is 1.77. The molecule has 0 aliphatic heterocycles. The van der Waals surface area contributed by atoms with E-state index in [1.54, 1.807) is 31.2 Å². The van der Waals surface area contributed by atoms with Crippen molar-refractivity contribution in [1.82, 2.24) is 4.98 Å². The molecule has 0 aliphatic rings. The normalized spacial score (nSPS) is 10.5. The number of nitro groups is 1. The van der Waals surface area contributed by atoms with Crippen molar-refractivity contribution in [2.75, 3.05) is 7.11 Å². The zero-order valence-electron chi connectivity index (χ0n) is 13.6. The van der Waals surface area contributed by atoms with Crippen LogP contribution in [-0.2, 0) is 0 Å². The Labute approximate surface area is 143 Å². The average molecular weight is 338 g/mol. The number of fused-ring (bicyclic) bond motifs is 1. The maximum Gasteiger partial charge on any atom is 0.344 e. The number of hydrogen-bond acceptors (Lipinski definition) is 6. The lowest BCUT2D eigenvalue weighted by Gasteiger charge is -2.11. The summed E-state index contributed by atoms with van der Waals surface area (Å²) in [5.41, 5.74) is 1.47. The SMILES string of the molecule is COc1ccc([N+](=O)[O-])cc1OC(=O)c1cc(C)nc2ccccc12. The molecule has 7 nitrogen and oxygen atoms in total. The fourth-order valence-corrected chi connectivity index (χ4v) is 2.49. The van der Waals surface area contributed by atoms with Crippen molar-refractivity contribution in [3.8, 4) is 11.5 Å². The van der Waals surface area contributed by atoms with Crippen LogP contribution in [0.1, 0.15) is 16.1 Å². The van der Waals surface area contributed by atoms with Gasteiger partial charge in [-0.3, -0.25) is 15.1 Å². The number of pyridine rings is 1. The van der Waals surface area contributed by atoms with Gasteiger partial charge in [-0.25, -0.2) is 4.79 Å². The summed E-state index contributed by atoms with van der Waals surface area (Å²) in [7, 11) is 1.39. The number of non-ortho nitro benzene ring substituents is 1. The molecule has 0 bridgehead atoms. The number of rotatable bonds is 4. The summed E-state index contributed by atoms with van der Waals surface area (Å²) in [5.74, 6) is -0.422. The lowest BCUT2D eigenvalue weighted by Crippen LogP contribution is -2.11. The number of methoxy groups -OCH3 is 1. The minimum Gasteiger partial charge on any atom is -0.493 e. The third kappa shape index (κ3) is 3.25. The number of nitro benzene ring substituents is 1. The third-order valence-corrected chi connectivity index (χ3v) is 3.62. The minimum absolute atomic E-state index is 0.0137. The van der Waals surface area contributed by atoms with Gasteiger partial charge in [0.15, 0.2) is 11.5 Å². The zero-order valence-corrected chi connectivity index (χ0v) is 13.6. The molecule has 0 saturated heterocycles. The molecule has 0 unspecified atom stereocenters. The highest BCUT2D eigenvalue weighted by Crippen LogP contribution is 2.32. The zero-order chi connectivity index (χ0) is 18.0. The Morgan fingerprint density at radius 1 is 1.12 bits per heavy atom. The number of ether oxygens (including phenoxy) is 2. The van der Waals surface area contributed by atoms with E-state index in [-0.39, 0.29) is 17.2 Å². The number of hydrogen-bond donors (Lipinski definition) is 0. The molecule has 3 aromatic rings. The Morgan fingerprint density at radius 2 is 1.88 bits per heavy atom. The van der Waals surface area contributed by atoms with E-state index in [2.05, 4.69) is 4.98 Å². The molecule has 1 aromatic heterocycles. The molecule has 0 aliphatic carbocycles. The number of aryl methyl sites for hydroxylation is 1. The molecule has 1 heterocycles. The molecule has 0 saturated carbocycles. The van der Waals surface area contributed by atoms with E-state index in [1.807, 2.05) is 6.07 Å². The number of aromatic nitrogens is 1. The summed E-state index contributed by atoms with van der Waals surface area (Å²) >= 11 is 0. The second-order valence-corrected chi connectivity index (χ2v) is 5.31. The maximum atomic E-state index is 12.7. The number of esters is 1. The molecule has 7 heteroatoms. The number of carbonyl (C=O) groups is 1. The predicted octanol–water partition coefficient (Wildman–Crippen LogP) is 3.68. The fourth-order valence-electron chi connectivity index (χ4n) is 2.49.